The van der Waals surface area contributed by atoms with Gasteiger partial charge >= 0.3 is 11.9 Å². The quantitative estimate of drug-likeness (QED) is 0.723. The van der Waals surface area contributed by atoms with Crippen LogP contribution >= 0.6 is 0 Å². The Bertz CT molecular complexity index is 863. The van der Waals surface area contributed by atoms with Crippen molar-refractivity contribution in [3.8, 4) is 0 Å². The van der Waals surface area contributed by atoms with Gasteiger partial charge in [0.2, 0.25) is 0 Å². The maximum atomic E-state index is 13.7. The van der Waals surface area contributed by atoms with Crippen molar-refractivity contribution in [2.75, 3.05) is 7.11 Å². The van der Waals surface area contributed by atoms with E-state index in [9.17, 15) is 19.5 Å². The molecule has 1 saturated heterocycles. The minimum atomic E-state index is -1.05. The monoisotopic (exact) mass is 434 g/mol. The van der Waals surface area contributed by atoms with Crippen LogP contribution < -0.4 is 0 Å². The Hall–Kier alpha value is -2.19. The Morgan fingerprint density at radius 1 is 1.26 bits per heavy atom. The van der Waals surface area contributed by atoms with E-state index in [-0.39, 0.29) is 18.1 Å². The van der Waals surface area contributed by atoms with E-state index in [2.05, 4.69) is 0 Å². The molecule has 0 radical (unpaired) electrons. The first-order chi connectivity index (χ1) is 14.6. The number of furan rings is 1. The second kappa shape index (κ2) is 7.74. The van der Waals surface area contributed by atoms with E-state index in [0.29, 0.717) is 19.3 Å². The largest absolute Gasteiger partial charge is 0.472 e. The molecule has 1 aliphatic heterocycles. The smallest absolute Gasteiger partial charge is 0.309 e. The third kappa shape index (κ3) is 3.40. The number of fused-ring (bicyclic) bond motifs is 3. The lowest BCUT2D eigenvalue weighted by molar-refractivity contribution is -0.274. The first kappa shape index (κ1) is 22.0. The van der Waals surface area contributed by atoms with Crippen molar-refractivity contribution in [1.82, 2.24) is 0 Å². The number of hydrogen-bond acceptors (Lipinski definition) is 8. The van der Waals surface area contributed by atoms with Gasteiger partial charge in [0.05, 0.1) is 31.7 Å². The topological polar surface area (TPSA) is 112 Å². The molecule has 1 N–H and O–H groups in total. The summed E-state index contributed by atoms with van der Waals surface area (Å²) in [4.78, 5) is 38.2. The molecule has 31 heavy (non-hydrogen) atoms. The van der Waals surface area contributed by atoms with Crippen molar-refractivity contribution in [2.45, 2.75) is 65.0 Å². The highest BCUT2D eigenvalue weighted by atomic mass is 16.6. The third-order valence-corrected chi connectivity index (χ3v) is 7.99. The predicted molar refractivity (Wildman–Crippen MR) is 106 cm³/mol. The molecule has 3 aliphatic rings. The predicted octanol–water partition coefficient (Wildman–Crippen LogP) is 2.79. The van der Waals surface area contributed by atoms with Crippen LogP contribution in [0.3, 0.4) is 0 Å². The number of methoxy groups -OCH3 is 1. The van der Waals surface area contributed by atoms with Gasteiger partial charge in [-0.2, -0.15) is 0 Å². The highest BCUT2D eigenvalue weighted by molar-refractivity contribution is 5.92. The van der Waals surface area contributed by atoms with Crippen LogP contribution in [-0.4, -0.2) is 42.3 Å². The van der Waals surface area contributed by atoms with Crippen molar-refractivity contribution in [2.24, 2.45) is 28.6 Å². The zero-order valence-corrected chi connectivity index (χ0v) is 18.3. The van der Waals surface area contributed by atoms with Crippen LogP contribution in [-0.2, 0) is 28.6 Å². The van der Waals surface area contributed by atoms with Crippen LogP contribution in [0.1, 0.15) is 58.1 Å². The van der Waals surface area contributed by atoms with E-state index in [4.69, 9.17) is 18.6 Å². The number of carbonyl (C=O) groups excluding carboxylic acids is 3. The number of ether oxygens (including phenoxy) is 3. The van der Waals surface area contributed by atoms with E-state index in [1.165, 1.54) is 14.0 Å². The van der Waals surface area contributed by atoms with Crippen LogP contribution in [0, 0.1) is 28.6 Å². The van der Waals surface area contributed by atoms with Gasteiger partial charge in [-0.25, -0.2) is 0 Å². The molecule has 2 heterocycles. The summed E-state index contributed by atoms with van der Waals surface area (Å²) < 4.78 is 21.6. The molecule has 0 aromatic carbocycles. The van der Waals surface area contributed by atoms with Crippen LogP contribution in [0.25, 0.3) is 0 Å². The minimum Gasteiger partial charge on any atom is -0.472 e. The molecule has 4 rings (SSSR count). The van der Waals surface area contributed by atoms with E-state index < -0.39 is 53.1 Å². The summed E-state index contributed by atoms with van der Waals surface area (Å²) in [6.45, 7) is 5.20. The fourth-order valence-corrected chi connectivity index (χ4v) is 6.64. The highest BCUT2D eigenvalue weighted by Gasteiger charge is 2.67. The number of carbonyl (C=O) groups is 3. The molecule has 1 unspecified atom stereocenters. The zero-order valence-electron chi connectivity index (χ0n) is 18.3. The number of esters is 2. The van der Waals surface area contributed by atoms with Crippen molar-refractivity contribution >= 4 is 17.7 Å². The Balaban J connectivity index is 1.79. The standard InChI is InChI=1S/C23H30O8/c1-12(24)30-16-9-15(20(26)28-4)22(2)7-5-14-21(27)31-17(13-6-8-29-11-13)10-23(14,3)19(22)18(16)25/h6,8,11,14-17,19,21,27H,5,7,9-10H2,1-4H3/t14-,15-,16-,17-,19-,21?,22-,23-/m0/s1. The van der Waals surface area contributed by atoms with E-state index in [1.807, 2.05) is 13.8 Å². The fourth-order valence-electron chi connectivity index (χ4n) is 6.64. The Labute approximate surface area is 181 Å². The van der Waals surface area contributed by atoms with Gasteiger partial charge in [0.1, 0.15) is 0 Å². The highest BCUT2D eigenvalue weighted by Crippen LogP contribution is 2.65. The summed E-state index contributed by atoms with van der Waals surface area (Å²) in [5.41, 5.74) is -0.561. The average molecular weight is 434 g/mol. The van der Waals surface area contributed by atoms with Crippen molar-refractivity contribution in [3.63, 3.8) is 0 Å². The maximum Gasteiger partial charge on any atom is 0.309 e. The van der Waals surface area contributed by atoms with Gasteiger partial charge in [-0.3, -0.25) is 14.4 Å². The molecule has 170 valence electrons. The number of ketones is 1. The Kier molecular flexibility index (Phi) is 5.50. The molecule has 3 fully saturated rings. The lowest BCUT2D eigenvalue weighted by Crippen LogP contribution is -2.65. The van der Waals surface area contributed by atoms with Crippen LogP contribution in [0.4, 0.5) is 0 Å². The van der Waals surface area contributed by atoms with Gasteiger partial charge in [-0.1, -0.05) is 13.8 Å². The molecule has 8 nitrogen and oxygen atoms in total. The summed E-state index contributed by atoms with van der Waals surface area (Å²) >= 11 is 0. The molecule has 2 aliphatic carbocycles. The normalized spacial score (nSPS) is 42.3. The average Bonchev–Trinajstić information content (AvgIpc) is 3.23. The van der Waals surface area contributed by atoms with Crippen LogP contribution in [0.5, 0.6) is 0 Å². The molecule has 2 saturated carbocycles. The van der Waals surface area contributed by atoms with Gasteiger partial charge in [0, 0.05) is 30.7 Å². The fraction of sp³-hybridized carbons (Fsp3) is 0.696. The first-order valence-corrected chi connectivity index (χ1v) is 10.8. The van der Waals surface area contributed by atoms with Crippen molar-refractivity contribution < 1.29 is 38.1 Å². The Morgan fingerprint density at radius 3 is 2.61 bits per heavy atom. The van der Waals surface area contributed by atoms with E-state index in [0.717, 1.165) is 5.56 Å². The van der Waals surface area contributed by atoms with Crippen LogP contribution in [0.2, 0.25) is 0 Å². The molecule has 1 aromatic rings. The summed E-state index contributed by atoms with van der Waals surface area (Å²) in [5.74, 6) is -2.63. The first-order valence-electron chi connectivity index (χ1n) is 10.8. The van der Waals surface area contributed by atoms with Crippen molar-refractivity contribution in [1.29, 1.82) is 0 Å². The number of Topliss-reactive ketones (excluding diaryl/α,β-unsaturated/α-hetero) is 1. The number of aliphatic hydroxyl groups excluding tert-OH is 1. The van der Waals surface area contributed by atoms with Crippen LogP contribution in [0.15, 0.2) is 23.0 Å². The molecule has 0 bridgehead atoms. The molecule has 0 amide bonds. The molecule has 1 aromatic heterocycles. The number of rotatable bonds is 3. The van der Waals surface area contributed by atoms with Gasteiger partial charge in [-0.05, 0) is 36.2 Å². The molecule has 8 heteroatoms. The van der Waals surface area contributed by atoms with E-state index in [1.54, 1.807) is 18.6 Å². The maximum absolute atomic E-state index is 13.7. The summed E-state index contributed by atoms with van der Waals surface area (Å²) in [5, 5.41) is 10.9. The lowest BCUT2D eigenvalue weighted by atomic mass is 9.43. The Morgan fingerprint density at radius 2 is 2.00 bits per heavy atom. The van der Waals surface area contributed by atoms with Gasteiger partial charge in [0.25, 0.3) is 0 Å². The zero-order chi connectivity index (χ0) is 22.6. The third-order valence-electron chi connectivity index (χ3n) is 7.99. The molecule has 0 spiro atoms. The summed E-state index contributed by atoms with van der Waals surface area (Å²) in [6, 6.07) is 1.78. The van der Waals surface area contributed by atoms with Gasteiger partial charge < -0.3 is 23.7 Å². The summed E-state index contributed by atoms with van der Waals surface area (Å²) in [7, 11) is 1.33. The molecular formula is C23H30O8. The SMILES string of the molecule is COC(=O)[C@@H]1C[C@H](OC(C)=O)C(=O)[C@H]2[C@@]1(C)CC[C@H]1C(O)O[C@H](c3ccoc3)C[C@]21C. The second-order valence-electron chi connectivity index (χ2n) is 9.68. The van der Waals surface area contributed by atoms with Crippen molar-refractivity contribution in [3.05, 3.63) is 24.2 Å². The van der Waals surface area contributed by atoms with Gasteiger partial charge in [0.15, 0.2) is 18.2 Å². The minimum absolute atomic E-state index is 0.114. The molecule has 8 atom stereocenters. The van der Waals surface area contributed by atoms with Gasteiger partial charge in [-0.15, -0.1) is 0 Å². The molecular weight excluding hydrogens is 404 g/mol. The number of aliphatic hydroxyl groups is 1. The lowest BCUT2D eigenvalue weighted by Gasteiger charge is -2.62. The van der Waals surface area contributed by atoms with E-state index >= 15 is 0 Å². The second-order valence-corrected chi connectivity index (χ2v) is 9.68. The summed E-state index contributed by atoms with van der Waals surface area (Å²) in [6.07, 6.45) is 2.36. The number of hydrogen-bond donors (Lipinski definition) is 1.